The summed E-state index contributed by atoms with van der Waals surface area (Å²) in [6, 6.07) is 3.72. The van der Waals surface area contributed by atoms with Crippen molar-refractivity contribution in [2.45, 2.75) is 18.8 Å². The fraction of sp³-hybridized carbons (Fsp3) is 0.400. The van der Waals surface area contributed by atoms with Gasteiger partial charge in [0.15, 0.2) is 0 Å². The molecule has 1 aromatic heterocycles. The van der Waals surface area contributed by atoms with Crippen molar-refractivity contribution >= 4 is 11.7 Å². The van der Waals surface area contributed by atoms with E-state index in [1.54, 1.807) is 12.3 Å². The summed E-state index contributed by atoms with van der Waals surface area (Å²) in [6.07, 6.45) is 4.13. The van der Waals surface area contributed by atoms with Crippen molar-refractivity contribution in [1.29, 1.82) is 0 Å². The maximum Gasteiger partial charge on any atom is 0.322 e. The van der Waals surface area contributed by atoms with Crippen LogP contribution < -0.4 is 5.32 Å². The van der Waals surface area contributed by atoms with Gasteiger partial charge in [-0.3, -0.25) is 9.78 Å². The molecule has 0 aliphatic heterocycles. The van der Waals surface area contributed by atoms with E-state index in [0.29, 0.717) is 5.92 Å². The SMILES string of the molecule is O=C(O)CNc1ccnc(C2CC2)c1. The molecule has 0 saturated heterocycles. The summed E-state index contributed by atoms with van der Waals surface area (Å²) in [7, 11) is 0. The molecule has 0 atom stereocenters. The van der Waals surface area contributed by atoms with Gasteiger partial charge in [0.25, 0.3) is 0 Å². The normalized spacial score (nSPS) is 15.1. The van der Waals surface area contributed by atoms with Crippen LogP contribution in [0.25, 0.3) is 0 Å². The van der Waals surface area contributed by atoms with Crippen molar-refractivity contribution in [3.8, 4) is 0 Å². The summed E-state index contributed by atoms with van der Waals surface area (Å²) in [6.45, 7) is -0.0475. The minimum absolute atomic E-state index is 0.0475. The molecule has 4 nitrogen and oxygen atoms in total. The molecular weight excluding hydrogens is 180 g/mol. The first-order valence-corrected chi connectivity index (χ1v) is 4.67. The molecule has 2 N–H and O–H groups in total. The zero-order valence-corrected chi connectivity index (χ0v) is 7.73. The maximum absolute atomic E-state index is 10.3. The number of carbonyl (C=O) groups is 1. The van der Waals surface area contributed by atoms with Gasteiger partial charge in [0.2, 0.25) is 0 Å². The van der Waals surface area contributed by atoms with Crippen LogP contribution in [0.3, 0.4) is 0 Å². The number of anilines is 1. The highest BCUT2D eigenvalue weighted by atomic mass is 16.4. The number of aromatic nitrogens is 1. The lowest BCUT2D eigenvalue weighted by Crippen LogP contribution is -2.12. The first kappa shape index (κ1) is 8.99. The lowest BCUT2D eigenvalue weighted by Gasteiger charge is -2.04. The quantitative estimate of drug-likeness (QED) is 0.758. The highest BCUT2D eigenvalue weighted by molar-refractivity contribution is 5.72. The average Bonchev–Trinajstić information content (AvgIpc) is 2.98. The van der Waals surface area contributed by atoms with E-state index >= 15 is 0 Å². The van der Waals surface area contributed by atoms with Crippen LogP contribution in [0.2, 0.25) is 0 Å². The number of hydrogen-bond donors (Lipinski definition) is 2. The topological polar surface area (TPSA) is 62.2 Å². The highest BCUT2D eigenvalue weighted by Crippen LogP contribution is 2.39. The molecule has 74 valence electrons. The van der Waals surface area contributed by atoms with Crippen molar-refractivity contribution in [3.05, 3.63) is 24.0 Å². The number of carboxylic acid groups (broad SMARTS) is 1. The summed E-state index contributed by atoms with van der Waals surface area (Å²) < 4.78 is 0. The number of carboxylic acids is 1. The van der Waals surface area contributed by atoms with Gasteiger partial charge >= 0.3 is 5.97 Å². The molecule has 1 aliphatic carbocycles. The summed E-state index contributed by atoms with van der Waals surface area (Å²) >= 11 is 0. The fourth-order valence-electron chi connectivity index (χ4n) is 1.34. The molecule has 4 heteroatoms. The van der Waals surface area contributed by atoms with Crippen LogP contribution in [0.5, 0.6) is 0 Å². The molecule has 0 spiro atoms. The van der Waals surface area contributed by atoms with Crippen molar-refractivity contribution in [1.82, 2.24) is 4.98 Å². The Morgan fingerprint density at radius 1 is 1.64 bits per heavy atom. The molecule has 1 saturated carbocycles. The number of rotatable bonds is 4. The summed E-state index contributed by atoms with van der Waals surface area (Å²) in [5.74, 6) is -0.253. The lowest BCUT2D eigenvalue weighted by atomic mass is 10.2. The van der Waals surface area contributed by atoms with E-state index in [9.17, 15) is 4.79 Å². The first-order chi connectivity index (χ1) is 6.75. The smallest absolute Gasteiger partial charge is 0.322 e. The number of aliphatic carboxylic acids is 1. The van der Waals surface area contributed by atoms with Crippen molar-refractivity contribution < 1.29 is 9.90 Å². The van der Waals surface area contributed by atoms with E-state index in [0.717, 1.165) is 11.4 Å². The van der Waals surface area contributed by atoms with Gasteiger partial charge in [0.05, 0.1) is 0 Å². The molecule has 1 fully saturated rings. The molecule has 0 amide bonds. The van der Waals surface area contributed by atoms with E-state index in [-0.39, 0.29) is 6.54 Å². The average molecular weight is 192 g/mol. The summed E-state index contributed by atoms with van der Waals surface area (Å²) in [5, 5.41) is 11.3. The highest BCUT2D eigenvalue weighted by Gasteiger charge is 2.24. The second-order valence-electron chi connectivity index (χ2n) is 3.49. The molecule has 0 radical (unpaired) electrons. The number of pyridine rings is 1. The lowest BCUT2D eigenvalue weighted by molar-refractivity contribution is -0.134. The molecule has 0 unspecified atom stereocenters. The molecule has 0 aromatic carbocycles. The van der Waals surface area contributed by atoms with E-state index in [1.807, 2.05) is 6.07 Å². The Bertz CT molecular complexity index is 348. The third-order valence-corrected chi connectivity index (χ3v) is 2.22. The van der Waals surface area contributed by atoms with Crippen LogP contribution in [0.1, 0.15) is 24.5 Å². The van der Waals surface area contributed by atoms with Crippen LogP contribution in [0, 0.1) is 0 Å². The van der Waals surface area contributed by atoms with Gasteiger partial charge in [0.1, 0.15) is 6.54 Å². The van der Waals surface area contributed by atoms with Crippen LogP contribution in [0.15, 0.2) is 18.3 Å². The Balaban J connectivity index is 2.02. The Labute approximate surface area is 82.0 Å². The Hall–Kier alpha value is -1.58. The molecule has 0 bridgehead atoms. The van der Waals surface area contributed by atoms with Crippen LogP contribution in [-0.2, 0) is 4.79 Å². The minimum Gasteiger partial charge on any atom is -0.480 e. The van der Waals surface area contributed by atoms with E-state index in [2.05, 4.69) is 10.3 Å². The number of nitrogens with one attached hydrogen (secondary N) is 1. The van der Waals surface area contributed by atoms with Gasteiger partial charge in [-0.25, -0.2) is 0 Å². The van der Waals surface area contributed by atoms with Crippen LogP contribution >= 0.6 is 0 Å². The van der Waals surface area contributed by atoms with Gasteiger partial charge in [-0.05, 0) is 25.0 Å². The third-order valence-electron chi connectivity index (χ3n) is 2.22. The molecule has 2 rings (SSSR count). The number of nitrogens with zero attached hydrogens (tertiary/aromatic N) is 1. The van der Waals surface area contributed by atoms with Gasteiger partial charge in [-0.15, -0.1) is 0 Å². The Morgan fingerprint density at radius 3 is 3.07 bits per heavy atom. The predicted molar refractivity (Wildman–Crippen MR) is 52.3 cm³/mol. The monoisotopic (exact) mass is 192 g/mol. The minimum atomic E-state index is -0.852. The van der Waals surface area contributed by atoms with Gasteiger partial charge in [0, 0.05) is 23.5 Å². The maximum atomic E-state index is 10.3. The van der Waals surface area contributed by atoms with Gasteiger partial charge in [-0.2, -0.15) is 0 Å². The predicted octanol–water partition coefficient (Wildman–Crippen LogP) is 1.46. The van der Waals surface area contributed by atoms with Crippen molar-refractivity contribution in [2.24, 2.45) is 0 Å². The Kier molecular flexibility index (Phi) is 2.35. The molecule has 1 heterocycles. The molecule has 1 aromatic rings. The van der Waals surface area contributed by atoms with Gasteiger partial charge in [-0.1, -0.05) is 0 Å². The van der Waals surface area contributed by atoms with E-state index in [4.69, 9.17) is 5.11 Å². The molecular formula is C10H12N2O2. The zero-order valence-electron chi connectivity index (χ0n) is 7.73. The first-order valence-electron chi connectivity index (χ1n) is 4.67. The van der Waals surface area contributed by atoms with E-state index < -0.39 is 5.97 Å². The standard InChI is InChI=1S/C10H12N2O2/c13-10(14)6-12-8-3-4-11-9(5-8)7-1-2-7/h3-5,7H,1-2,6H2,(H,11,12)(H,13,14). The molecule has 14 heavy (non-hydrogen) atoms. The second-order valence-corrected chi connectivity index (χ2v) is 3.49. The third kappa shape index (κ3) is 2.22. The number of hydrogen-bond acceptors (Lipinski definition) is 3. The fourth-order valence-corrected chi connectivity index (χ4v) is 1.34. The van der Waals surface area contributed by atoms with Gasteiger partial charge < -0.3 is 10.4 Å². The summed E-state index contributed by atoms with van der Waals surface area (Å²) in [4.78, 5) is 14.6. The van der Waals surface area contributed by atoms with Crippen LogP contribution in [0.4, 0.5) is 5.69 Å². The largest absolute Gasteiger partial charge is 0.480 e. The Morgan fingerprint density at radius 2 is 2.43 bits per heavy atom. The van der Waals surface area contributed by atoms with Crippen molar-refractivity contribution in [3.63, 3.8) is 0 Å². The van der Waals surface area contributed by atoms with Crippen molar-refractivity contribution in [2.75, 3.05) is 11.9 Å². The zero-order chi connectivity index (χ0) is 9.97. The second kappa shape index (κ2) is 3.65. The van der Waals surface area contributed by atoms with E-state index in [1.165, 1.54) is 12.8 Å². The molecule has 1 aliphatic rings. The van der Waals surface area contributed by atoms with Crippen LogP contribution in [-0.4, -0.2) is 22.6 Å². The summed E-state index contributed by atoms with van der Waals surface area (Å²) in [5.41, 5.74) is 1.91.